The van der Waals surface area contributed by atoms with E-state index in [1.54, 1.807) is 6.07 Å². The zero-order valence-corrected chi connectivity index (χ0v) is 9.05. The molecule has 0 saturated heterocycles. The second-order valence-electron chi connectivity index (χ2n) is 2.73. The van der Waals surface area contributed by atoms with E-state index < -0.39 is 11.9 Å². The summed E-state index contributed by atoms with van der Waals surface area (Å²) in [7, 11) is 0. The van der Waals surface area contributed by atoms with Crippen LogP contribution in [0, 0.1) is 5.82 Å². The molecule has 0 radical (unpaired) electrons. The summed E-state index contributed by atoms with van der Waals surface area (Å²) in [4.78, 5) is 10.4. The first kappa shape index (κ1) is 11.0. The minimum atomic E-state index is -1.02. The summed E-state index contributed by atoms with van der Waals surface area (Å²) in [6, 6.07) is 4.31. The fourth-order valence-electron chi connectivity index (χ4n) is 0.956. The lowest BCUT2D eigenvalue weighted by Crippen LogP contribution is -2.16. The van der Waals surface area contributed by atoms with Gasteiger partial charge in [0.05, 0.1) is 0 Å². The van der Waals surface area contributed by atoms with Crippen LogP contribution in [0.5, 0.6) is 5.75 Å². The van der Waals surface area contributed by atoms with Crippen LogP contribution in [0.1, 0.15) is 17.3 Å². The highest BCUT2D eigenvalue weighted by atomic mass is 79.9. The number of amides is 1. The fraction of sp³-hybridized carbons (Fsp3) is 0.222. The van der Waals surface area contributed by atoms with Crippen molar-refractivity contribution < 1.29 is 13.9 Å². The maximum atomic E-state index is 13.2. The number of carbonyl (C=O) groups excluding carboxylic acids is 1. The second-order valence-corrected chi connectivity index (χ2v) is 4.10. The molecule has 0 aromatic heterocycles. The van der Waals surface area contributed by atoms with Gasteiger partial charge in [0, 0.05) is 4.83 Å². The van der Waals surface area contributed by atoms with Crippen molar-refractivity contribution in [3.8, 4) is 5.75 Å². The topological polar surface area (TPSA) is 52.3 Å². The van der Waals surface area contributed by atoms with Gasteiger partial charge in [-0.3, -0.25) is 0 Å². The van der Waals surface area contributed by atoms with E-state index in [0.29, 0.717) is 0 Å². The van der Waals surface area contributed by atoms with E-state index >= 15 is 0 Å². The van der Waals surface area contributed by atoms with E-state index in [2.05, 4.69) is 20.7 Å². The quantitative estimate of drug-likeness (QED) is 0.833. The van der Waals surface area contributed by atoms with E-state index in [1.807, 2.05) is 6.92 Å². The largest absolute Gasteiger partial charge is 0.410 e. The molecule has 2 N–H and O–H groups in total. The Kier molecular flexibility index (Phi) is 3.46. The van der Waals surface area contributed by atoms with Gasteiger partial charge in [0.15, 0.2) is 11.6 Å². The van der Waals surface area contributed by atoms with Gasteiger partial charge in [-0.2, -0.15) is 0 Å². The van der Waals surface area contributed by atoms with E-state index in [0.717, 1.165) is 5.56 Å². The molecule has 14 heavy (non-hydrogen) atoms. The molecule has 1 unspecified atom stereocenters. The van der Waals surface area contributed by atoms with Crippen LogP contribution in [-0.4, -0.2) is 6.09 Å². The molecule has 76 valence electrons. The number of hydrogen-bond acceptors (Lipinski definition) is 2. The molecule has 0 aliphatic rings. The molecule has 1 amide bonds. The summed E-state index contributed by atoms with van der Waals surface area (Å²) in [5.41, 5.74) is 5.52. The molecule has 1 aromatic carbocycles. The molecule has 5 heteroatoms. The molecule has 0 heterocycles. The molecule has 0 fully saturated rings. The third kappa shape index (κ3) is 2.70. The Labute approximate surface area is 89.2 Å². The molecule has 0 bridgehead atoms. The number of rotatable bonds is 2. The number of carbonyl (C=O) groups is 1. The standard InChI is InChI=1S/C9H9BrFNO2/c1-5(10)6-2-3-8(7(11)4-6)14-9(12)13/h2-5H,1H3,(H2,12,13). The van der Waals surface area contributed by atoms with Crippen molar-refractivity contribution >= 4 is 22.0 Å². The Balaban J connectivity index is 2.95. The van der Waals surface area contributed by atoms with Crippen molar-refractivity contribution in [3.63, 3.8) is 0 Å². The first-order valence-electron chi connectivity index (χ1n) is 3.91. The van der Waals surface area contributed by atoms with Gasteiger partial charge >= 0.3 is 6.09 Å². The van der Waals surface area contributed by atoms with Gasteiger partial charge in [-0.1, -0.05) is 22.0 Å². The number of primary amides is 1. The van der Waals surface area contributed by atoms with Crippen molar-refractivity contribution in [3.05, 3.63) is 29.6 Å². The molecule has 0 saturated carbocycles. The van der Waals surface area contributed by atoms with Crippen LogP contribution in [0.3, 0.4) is 0 Å². The van der Waals surface area contributed by atoms with Crippen molar-refractivity contribution in [1.29, 1.82) is 0 Å². The molecular weight excluding hydrogens is 253 g/mol. The maximum Gasteiger partial charge on any atom is 0.410 e. The Hall–Kier alpha value is -1.10. The highest BCUT2D eigenvalue weighted by Crippen LogP contribution is 2.26. The summed E-state index contributed by atoms with van der Waals surface area (Å²) < 4.78 is 17.6. The Morgan fingerprint density at radius 3 is 2.71 bits per heavy atom. The Bertz CT molecular complexity index is 355. The normalized spacial score (nSPS) is 12.2. The van der Waals surface area contributed by atoms with Crippen LogP contribution in [0.4, 0.5) is 9.18 Å². The molecule has 3 nitrogen and oxygen atoms in total. The monoisotopic (exact) mass is 261 g/mol. The maximum absolute atomic E-state index is 13.2. The molecule has 0 aliphatic heterocycles. The second kappa shape index (κ2) is 4.41. The summed E-state index contributed by atoms with van der Waals surface area (Å²) in [5.74, 6) is -0.762. The minimum Gasteiger partial charge on any atom is -0.407 e. The molecule has 1 aromatic rings. The number of hydrogen-bond donors (Lipinski definition) is 1. The zero-order chi connectivity index (χ0) is 10.7. The lowest BCUT2D eigenvalue weighted by Gasteiger charge is -2.06. The summed E-state index contributed by atoms with van der Waals surface area (Å²) in [6.07, 6.45) is -1.02. The van der Waals surface area contributed by atoms with Gasteiger partial charge in [-0.05, 0) is 24.6 Å². The number of alkyl halides is 1. The van der Waals surface area contributed by atoms with Gasteiger partial charge < -0.3 is 10.5 Å². The number of nitrogens with two attached hydrogens (primary N) is 1. The van der Waals surface area contributed by atoms with Gasteiger partial charge in [-0.25, -0.2) is 9.18 Å². The van der Waals surface area contributed by atoms with E-state index in [9.17, 15) is 9.18 Å². The van der Waals surface area contributed by atoms with Crippen LogP contribution >= 0.6 is 15.9 Å². The predicted octanol–water partition coefficient (Wildman–Crippen LogP) is 2.74. The molecule has 0 aliphatic carbocycles. The molecule has 0 spiro atoms. The summed E-state index contributed by atoms with van der Waals surface area (Å²) >= 11 is 3.29. The van der Waals surface area contributed by atoms with Gasteiger partial charge in [0.1, 0.15) is 0 Å². The zero-order valence-electron chi connectivity index (χ0n) is 7.46. The van der Waals surface area contributed by atoms with Gasteiger partial charge in [-0.15, -0.1) is 0 Å². The van der Waals surface area contributed by atoms with E-state index in [1.165, 1.54) is 12.1 Å². The van der Waals surface area contributed by atoms with Crippen molar-refractivity contribution in [2.24, 2.45) is 5.73 Å². The molecule has 1 rings (SSSR count). The number of benzene rings is 1. The van der Waals surface area contributed by atoms with Crippen LogP contribution < -0.4 is 10.5 Å². The van der Waals surface area contributed by atoms with Crippen molar-refractivity contribution in [2.75, 3.05) is 0 Å². The van der Waals surface area contributed by atoms with Crippen molar-refractivity contribution in [1.82, 2.24) is 0 Å². The van der Waals surface area contributed by atoms with Crippen LogP contribution in [0.15, 0.2) is 18.2 Å². The minimum absolute atomic E-state index is 0.0413. The third-order valence-electron chi connectivity index (χ3n) is 1.63. The lowest BCUT2D eigenvalue weighted by atomic mass is 10.1. The first-order chi connectivity index (χ1) is 6.50. The smallest absolute Gasteiger partial charge is 0.407 e. The summed E-state index contributed by atoms with van der Waals surface area (Å²) in [5, 5.41) is 0. The average molecular weight is 262 g/mol. The highest BCUT2D eigenvalue weighted by Gasteiger charge is 2.09. The van der Waals surface area contributed by atoms with Gasteiger partial charge in [0.2, 0.25) is 0 Å². The van der Waals surface area contributed by atoms with Crippen LogP contribution in [0.25, 0.3) is 0 Å². The highest BCUT2D eigenvalue weighted by molar-refractivity contribution is 9.09. The number of halogens is 2. The van der Waals surface area contributed by atoms with E-state index in [-0.39, 0.29) is 10.6 Å². The SMILES string of the molecule is CC(Br)c1ccc(OC(N)=O)c(F)c1. The molecular formula is C9H9BrFNO2. The third-order valence-corrected chi connectivity index (χ3v) is 2.15. The van der Waals surface area contributed by atoms with Crippen molar-refractivity contribution in [2.45, 2.75) is 11.8 Å². The van der Waals surface area contributed by atoms with Crippen LogP contribution in [-0.2, 0) is 0 Å². The summed E-state index contributed by atoms with van der Waals surface area (Å²) in [6.45, 7) is 1.86. The Morgan fingerprint density at radius 1 is 1.64 bits per heavy atom. The van der Waals surface area contributed by atoms with Gasteiger partial charge in [0.25, 0.3) is 0 Å². The molecule has 1 atom stereocenters. The van der Waals surface area contributed by atoms with E-state index in [4.69, 9.17) is 5.73 Å². The number of ether oxygens (including phenoxy) is 1. The average Bonchev–Trinajstić information content (AvgIpc) is 2.07. The Morgan fingerprint density at radius 2 is 2.29 bits per heavy atom. The fourth-order valence-corrected chi connectivity index (χ4v) is 1.24. The predicted molar refractivity (Wildman–Crippen MR) is 54.0 cm³/mol. The first-order valence-corrected chi connectivity index (χ1v) is 4.83. The lowest BCUT2D eigenvalue weighted by molar-refractivity contribution is 0.208. The van der Waals surface area contributed by atoms with Crippen LogP contribution in [0.2, 0.25) is 0 Å².